The van der Waals surface area contributed by atoms with Crippen LogP contribution in [0, 0.1) is 12.8 Å². The Morgan fingerprint density at radius 3 is 2.73 bits per heavy atom. The second-order valence-electron chi connectivity index (χ2n) is 11.0. The number of aromatic amines is 1. The van der Waals surface area contributed by atoms with Crippen LogP contribution in [0.2, 0.25) is 0 Å². The number of hydrogen-bond acceptors (Lipinski definition) is 7. The number of aromatic nitrogens is 2. The summed E-state index contributed by atoms with van der Waals surface area (Å²) in [7, 11) is 0. The number of likely N-dealkylation sites (tertiary alicyclic amines) is 1. The van der Waals surface area contributed by atoms with Crippen molar-refractivity contribution in [3.63, 3.8) is 0 Å². The number of H-pyrrole nitrogens is 1. The minimum absolute atomic E-state index is 0.00848. The molecule has 0 saturated carbocycles. The quantitative estimate of drug-likeness (QED) is 0.338. The third-order valence-electron chi connectivity index (χ3n) is 8.15. The van der Waals surface area contributed by atoms with Crippen LogP contribution < -0.4 is 22.3 Å². The molecular weight excluding hydrogens is 512 g/mol. The number of piperidine rings is 1. The molecule has 0 unspecified atom stereocenters. The molecule has 2 aliphatic rings. The van der Waals surface area contributed by atoms with Gasteiger partial charge in [-0.1, -0.05) is 24.3 Å². The molecule has 4 aromatic rings. The Balaban J connectivity index is 1.36. The van der Waals surface area contributed by atoms with Gasteiger partial charge in [0.15, 0.2) is 5.76 Å². The predicted molar refractivity (Wildman–Crippen MR) is 148 cm³/mol. The SMILES string of the molecule is Cc1cccc2cc([C@@H](CC(N)=O)c3oc(CN4C[C@H]5C[C@@H](C4)c4cccc(=O)n4C5)cc(=O)c3O)c(=O)[nH]c12. The number of aryl methyl sites for hydroxylation is 1. The molecule has 206 valence electrons. The molecule has 5 heterocycles. The van der Waals surface area contributed by atoms with E-state index in [1.165, 1.54) is 6.07 Å². The first-order valence-electron chi connectivity index (χ1n) is 13.4. The van der Waals surface area contributed by atoms with E-state index >= 15 is 0 Å². The van der Waals surface area contributed by atoms with E-state index in [1.807, 2.05) is 35.8 Å². The van der Waals surface area contributed by atoms with Crippen LogP contribution in [0.1, 0.15) is 53.0 Å². The Morgan fingerprint density at radius 2 is 1.93 bits per heavy atom. The Bertz CT molecular complexity index is 1820. The molecule has 40 heavy (non-hydrogen) atoms. The van der Waals surface area contributed by atoms with Gasteiger partial charge >= 0.3 is 0 Å². The Morgan fingerprint density at radius 1 is 1.12 bits per heavy atom. The molecule has 0 spiro atoms. The molecule has 2 aliphatic heterocycles. The maximum Gasteiger partial charge on any atom is 0.252 e. The lowest BCUT2D eigenvalue weighted by Gasteiger charge is -2.42. The lowest BCUT2D eigenvalue weighted by atomic mass is 9.83. The number of benzene rings is 1. The number of primary amides is 1. The van der Waals surface area contributed by atoms with Crippen molar-refractivity contribution >= 4 is 16.8 Å². The summed E-state index contributed by atoms with van der Waals surface area (Å²) in [6.45, 7) is 4.19. The minimum Gasteiger partial charge on any atom is -0.502 e. The first-order chi connectivity index (χ1) is 19.2. The van der Waals surface area contributed by atoms with Gasteiger partial charge in [-0.2, -0.15) is 0 Å². The summed E-state index contributed by atoms with van der Waals surface area (Å²) in [5.41, 5.74) is 7.15. The average molecular weight is 543 g/mol. The van der Waals surface area contributed by atoms with E-state index in [4.69, 9.17) is 10.2 Å². The van der Waals surface area contributed by atoms with Crippen molar-refractivity contribution in [2.45, 2.75) is 44.7 Å². The van der Waals surface area contributed by atoms with E-state index in [1.54, 1.807) is 18.2 Å². The number of rotatable bonds is 6. The smallest absolute Gasteiger partial charge is 0.252 e. The van der Waals surface area contributed by atoms with Crippen LogP contribution in [0.25, 0.3) is 10.9 Å². The van der Waals surface area contributed by atoms with Crippen LogP contribution in [0.5, 0.6) is 5.75 Å². The van der Waals surface area contributed by atoms with Crippen LogP contribution in [0.3, 0.4) is 0 Å². The number of hydrogen-bond donors (Lipinski definition) is 3. The Labute approximate surface area is 228 Å². The van der Waals surface area contributed by atoms with Crippen LogP contribution >= 0.6 is 0 Å². The van der Waals surface area contributed by atoms with Crippen molar-refractivity contribution in [2.75, 3.05) is 13.1 Å². The summed E-state index contributed by atoms with van der Waals surface area (Å²) >= 11 is 0. The predicted octanol–water partition coefficient (Wildman–Crippen LogP) is 2.28. The zero-order valence-corrected chi connectivity index (χ0v) is 22.1. The van der Waals surface area contributed by atoms with Crippen LogP contribution in [0.4, 0.5) is 0 Å². The van der Waals surface area contributed by atoms with E-state index < -0.39 is 28.6 Å². The van der Waals surface area contributed by atoms with Gasteiger partial charge in [0.1, 0.15) is 5.76 Å². The highest BCUT2D eigenvalue weighted by atomic mass is 16.4. The summed E-state index contributed by atoms with van der Waals surface area (Å²) in [4.78, 5) is 55.6. The fraction of sp³-hybridized carbons (Fsp3) is 0.333. The van der Waals surface area contributed by atoms with E-state index in [0.29, 0.717) is 37.5 Å². The number of nitrogens with zero attached hydrogens (tertiary/aromatic N) is 2. The Kier molecular flexibility index (Phi) is 6.42. The molecule has 3 atom stereocenters. The molecule has 0 radical (unpaired) electrons. The first-order valence-corrected chi connectivity index (χ1v) is 13.4. The van der Waals surface area contributed by atoms with Gasteiger partial charge in [-0.3, -0.25) is 24.1 Å². The maximum atomic E-state index is 13.2. The maximum absolute atomic E-state index is 13.2. The van der Waals surface area contributed by atoms with Crippen LogP contribution in [0.15, 0.2) is 67.3 Å². The van der Waals surface area contributed by atoms with Crippen molar-refractivity contribution < 1.29 is 14.3 Å². The molecule has 1 fully saturated rings. The second kappa shape index (κ2) is 9.95. The van der Waals surface area contributed by atoms with E-state index in [-0.39, 0.29) is 35.1 Å². The lowest BCUT2D eigenvalue weighted by Crippen LogP contribution is -2.46. The van der Waals surface area contributed by atoms with Crippen molar-refractivity contribution in [3.05, 3.63) is 108 Å². The molecule has 1 amide bonds. The zero-order chi connectivity index (χ0) is 28.1. The second-order valence-corrected chi connectivity index (χ2v) is 11.0. The number of amides is 1. The van der Waals surface area contributed by atoms with Gasteiger partial charge in [0.25, 0.3) is 11.1 Å². The van der Waals surface area contributed by atoms with E-state index in [9.17, 15) is 24.3 Å². The number of carbonyl (C=O) groups excluding carboxylic acids is 1. The number of carbonyl (C=O) groups is 1. The third kappa shape index (κ3) is 4.64. The molecule has 10 heteroatoms. The van der Waals surface area contributed by atoms with Gasteiger partial charge in [-0.25, -0.2) is 0 Å². The normalized spacial score (nSPS) is 19.3. The highest BCUT2D eigenvalue weighted by molar-refractivity contribution is 5.82. The number of nitrogens with two attached hydrogens (primary N) is 1. The van der Waals surface area contributed by atoms with Crippen molar-refractivity contribution in [1.82, 2.24) is 14.5 Å². The summed E-state index contributed by atoms with van der Waals surface area (Å²) in [6.07, 6.45) is 0.648. The molecule has 1 aromatic carbocycles. The van der Waals surface area contributed by atoms with Gasteiger partial charge in [0.05, 0.1) is 18.0 Å². The fourth-order valence-corrected chi connectivity index (χ4v) is 6.42. The highest BCUT2D eigenvalue weighted by Crippen LogP contribution is 2.36. The molecule has 0 aliphatic carbocycles. The first kappa shape index (κ1) is 25.8. The van der Waals surface area contributed by atoms with Gasteiger partial charge < -0.3 is 24.8 Å². The van der Waals surface area contributed by atoms with Gasteiger partial charge in [-0.15, -0.1) is 0 Å². The number of fused-ring (bicyclic) bond motifs is 5. The number of pyridine rings is 2. The molecule has 1 saturated heterocycles. The fourth-order valence-electron chi connectivity index (χ4n) is 6.42. The number of aromatic hydroxyl groups is 1. The monoisotopic (exact) mass is 542 g/mol. The highest BCUT2D eigenvalue weighted by Gasteiger charge is 2.35. The summed E-state index contributed by atoms with van der Waals surface area (Å²) < 4.78 is 7.96. The average Bonchev–Trinajstić information content (AvgIpc) is 2.90. The zero-order valence-electron chi connectivity index (χ0n) is 22.1. The summed E-state index contributed by atoms with van der Waals surface area (Å²) in [5, 5.41) is 11.5. The van der Waals surface area contributed by atoms with Gasteiger partial charge in [0.2, 0.25) is 17.1 Å². The largest absolute Gasteiger partial charge is 0.502 e. The lowest BCUT2D eigenvalue weighted by molar-refractivity contribution is -0.118. The molecule has 10 nitrogen and oxygen atoms in total. The van der Waals surface area contributed by atoms with Crippen LogP contribution in [-0.4, -0.2) is 38.6 Å². The van der Waals surface area contributed by atoms with Crippen molar-refractivity contribution in [2.24, 2.45) is 11.7 Å². The summed E-state index contributed by atoms with van der Waals surface area (Å²) in [5.74, 6) is -1.82. The van der Waals surface area contributed by atoms with Crippen LogP contribution in [-0.2, 0) is 17.9 Å². The topological polar surface area (TPSA) is 152 Å². The molecular formula is C30H30N4O6. The number of para-hydroxylation sites is 1. The van der Waals surface area contributed by atoms with E-state index in [0.717, 1.165) is 23.1 Å². The molecule has 3 aromatic heterocycles. The van der Waals surface area contributed by atoms with Crippen molar-refractivity contribution in [1.29, 1.82) is 0 Å². The number of nitrogens with one attached hydrogen (secondary N) is 1. The third-order valence-corrected chi connectivity index (χ3v) is 8.15. The van der Waals surface area contributed by atoms with Gasteiger partial charge in [0, 0.05) is 55.4 Å². The van der Waals surface area contributed by atoms with E-state index in [2.05, 4.69) is 9.88 Å². The van der Waals surface area contributed by atoms with Gasteiger partial charge in [-0.05, 0) is 42.3 Å². The standard InChI is InChI=1S/C30H30N4O6/c1-16-4-2-5-18-9-22(30(39)32-27(16)18)21(11-25(31)36)29-28(38)24(35)10-20(40-29)15-33-12-17-8-19(14-33)23-6-3-7-26(37)34(23)13-17/h2-7,9-10,17,19,21,38H,8,11-15H2,1H3,(H2,31,36)(H,32,39)/t17-,19+,21-/m1/s1. The molecule has 6 rings (SSSR count). The minimum atomic E-state index is -1.06. The van der Waals surface area contributed by atoms with Crippen molar-refractivity contribution in [3.8, 4) is 5.75 Å². The Hall–Kier alpha value is -4.44. The molecule has 2 bridgehead atoms. The molecule has 4 N–H and O–H groups in total. The summed E-state index contributed by atoms with van der Waals surface area (Å²) in [6, 6.07) is 13.8.